The summed E-state index contributed by atoms with van der Waals surface area (Å²) in [5.74, 6) is 1.63. The molecule has 0 bridgehead atoms. The first-order valence-electron chi connectivity index (χ1n) is 6.13. The third-order valence-electron chi connectivity index (χ3n) is 3.18. The Bertz CT molecular complexity index is 514. The Morgan fingerprint density at radius 3 is 2.94 bits per heavy atom. The van der Waals surface area contributed by atoms with Crippen LogP contribution in [0.25, 0.3) is 11.3 Å². The standard InChI is InChI=1S/C14H16N2O/c15-7-6-13-9-14(16-17-13)12-3-1-2-11(8-12)10-4-5-10/h1-3,8-10H,4-7,15H2. The Morgan fingerprint density at radius 1 is 1.29 bits per heavy atom. The molecule has 0 radical (unpaired) electrons. The Hall–Kier alpha value is -1.61. The van der Waals surface area contributed by atoms with Crippen molar-refractivity contribution >= 4 is 0 Å². The summed E-state index contributed by atoms with van der Waals surface area (Å²) >= 11 is 0. The molecule has 2 aromatic rings. The summed E-state index contributed by atoms with van der Waals surface area (Å²) in [4.78, 5) is 0. The molecule has 3 nitrogen and oxygen atoms in total. The molecular formula is C14H16N2O. The van der Waals surface area contributed by atoms with Gasteiger partial charge in [0.25, 0.3) is 0 Å². The van der Waals surface area contributed by atoms with E-state index in [2.05, 4.69) is 29.4 Å². The van der Waals surface area contributed by atoms with Crippen LogP contribution in [0.5, 0.6) is 0 Å². The zero-order chi connectivity index (χ0) is 11.7. The van der Waals surface area contributed by atoms with Gasteiger partial charge in [0.1, 0.15) is 11.5 Å². The molecule has 2 N–H and O–H groups in total. The minimum Gasteiger partial charge on any atom is -0.361 e. The molecule has 0 aliphatic heterocycles. The monoisotopic (exact) mass is 228 g/mol. The highest BCUT2D eigenvalue weighted by molar-refractivity contribution is 5.60. The van der Waals surface area contributed by atoms with E-state index in [0.717, 1.165) is 29.4 Å². The summed E-state index contributed by atoms with van der Waals surface area (Å²) < 4.78 is 5.25. The molecule has 0 atom stereocenters. The van der Waals surface area contributed by atoms with Gasteiger partial charge < -0.3 is 10.3 Å². The zero-order valence-electron chi connectivity index (χ0n) is 9.73. The first-order valence-corrected chi connectivity index (χ1v) is 6.13. The van der Waals surface area contributed by atoms with Crippen molar-refractivity contribution < 1.29 is 4.52 Å². The van der Waals surface area contributed by atoms with Gasteiger partial charge in [-0.25, -0.2) is 0 Å². The van der Waals surface area contributed by atoms with E-state index in [1.807, 2.05) is 6.07 Å². The molecule has 88 valence electrons. The van der Waals surface area contributed by atoms with Crippen LogP contribution in [-0.2, 0) is 6.42 Å². The van der Waals surface area contributed by atoms with Gasteiger partial charge in [-0.2, -0.15) is 0 Å². The number of hydrogen-bond acceptors (Lipinski definition) is 3. The van der Waals surface area contributed by atoms with Crippen LogP contribution >= 0.6 is 0 Å². The predicted molar refractivity (Wildman–Crippen MR) is 66.7 cm³/mol. The molecule has 0 amide bonds. The lowest BCUT2D eigenvalue weighted by Gasteiger charge is -2.00. The van der Waals surface area contributed by atoms with Crippen LogP contribution in [0.1, 0.15) is 30.1 Å². The normalized spacial score (nSPS) is 15.1. The first-order chi connectivity index (χ1) is 8.36. The summed E-state index contributed by atoms with van der Waals surface area (Å²) in [6.45, 7) is 0.594. The van der Waals surface area contributed by atoms with E-state index in [1.54, 1.807) is 0 Å². The molecule has 1 aromatic carbocycles. The maximum atomic E-state index is 5.49. The highest BCUT2D eigenvalue weighted by Crippen LogP contribution is 2.40. The molecule has 0 spiro atoms. The van der Waals surface area contributed by atoms with Crippen LogP contribution in [0, 0.1) is 0 Å². The molecule has 17 heavy (non-hydrogen) atoms. The van der Waals surface area contributed by atoms with Crippen molar-refractivity contribution in [1.29, 1.82) is 0 Å². The highest BCUT2D eigenvalue weighted by Gasteiger charge is 2.23. The Kier molecular flexibility index (Phi) is 2.69. The SMILES string of the molecule is NCCc1cc(-c2cccc(C3CC3)c2)no1. The highest BCUT2D eigenvalue weighted by atomic mass is 16.5. The van der Waals surface area contributed by atoms with Crippen LogP contribution in [0.4, 0.5) is 0 Å². The van der Waals surface area contributed by atoms with E-state index in [4.69, 9.17) is 10.3 Å². The van der Waals surface area contributed by atoms with Gasteiger partial charge >= 0.3 is 0 Å². The number of hydrogen-bond donors (Lipinski definition) is 1. The quantitative estimate of drug-likeness (QED) is 0.875. The van der Waals surface area contributed by atoms with Gasteiger partial charge in [0.15, 0.2) is 0 Å². The third kappa shape index (κ3) is 2.24. The van der Waals surface area contributed by atoms with Crippen molar-refractivity contribution in [2.24, 2.45) is 5.73 Å². The molecule has 1 saturated carbocycles. The van der Waals surface area contributed by atoms with Crippen molar-refractivity contribution in [1.82, 2.24) is 5.16 Å². The molecule has 3 rings (SSSR count). The number of benzene rings is 1. The van der Waals surface area contributed by atoms with Gasteiger partial charge in [0.05, 0.1) is 0 Å². The number of nitrogens with two attached hydrogens (primary N) is 1. The lowest BCUT2D eigenvalue weighted by molar-refractivity contribution is 0.386. The van der Waals surface area contributed by atoms with Gasteiger partial charge in [-0.15, -0.1) is 0 Å². The van der Waals surface area contributed by atoms with Crippen molar-refractivity contribution in [3.8, 4) is 11.3 Å². The fourth-order valence-corrected chi connectivity index (χ4v) is 2.08. The maximum absolute atomic E-state index is 5.49. The summed E-state index contributed by atoms with van der Waals surface area (Å²) in [5.41, 5.74) is 8.97. The van der Waals surface area contributed by atoms with E-state index in [-0.39, 0.29) is 0 Å². The Morgan fingerprint density at radius 2 is 2.18 bits per heavy atom. The Balaban J connectivity index is 1.88. The zero-order valence-corrected chi connectivity index (χ0v) is 9.73. The summed E-state index contributed by atoms with van der Waals surface area (Å²) in [6.07, 6.45) is 3.39. The number of rotatable bonds is 4. The Labute approximate surface area is 101 Å². The minimum atomic E-state index is 0.594. The topological polar surface area (TPSA) is 52.0 Å². The van der Waals surface area contributed by atoms with E-state index >= 15 is 0 Å². The second kappa shape index (κ2) is 4.34. The number of nitrogens with zero attached hydrogens (tertiary/aromatic N) is 1. The lowest BCUT2D eigenvalue weighted by atomic mass is 10.0. The van der Waals surface area contributed by atoms with Gasteiger partial charge in [-0.05, 0) is 36.9 Å². The van der Waals surface area contributed by atoms with E-state index in [0.29, 0.717) is 6.54 Å². The smallest absolute Gasteiger partial charge is 0.138 e. The van der Waals surface area contributed by atoms with Gasteiger partial charge in [0.2, 0.25) is 0 Å². The van der Waals surface area contributed by atoms with Crippen molar-refractivity contribution in [2.45, 2.75) is 25.2 Å². The summed E-state index contributed by atoms with van der Waals surface area (Å²) in [6, 6.07) is 10.6. The molecule has 1 aromatic heterocycles. The second-order valence-electron chi connectivity index (χ2n) is 4.62. The largest absolute Gasteiger partial charge is 0.361 e. The molecule has 1 fully saturated rings. The summed E-state index contributed by atoms with van der Waals surface area (Å²) in [5, 5.41) is 4.10. The predicted octanol–water partition coefficient (Wildman–Crippen LogP) is 2.72. The van der Waals surface area contributed by atoms with E-state index in [9.17, 15) is 0 Å². The van der Waals surface area contributed by atoms with Gasteiger partial charge in [0, 0.05) is 18.1 Å². The minimum absolute atomic E-state index is 0.594. The van der Waals surface area contributed by atoms with Crippen LogP contribution in [0.15, 0.2) is 34.9 Å². The maximum Gasteiger partial charge on any atom is 0.138 e. The lowest BCUT2D eigenvalue weighted by Crippen LogP contribution is -2.01. The fraction of sp³-hybridized carbons (Fsp3) is 0.357. The van der Waals surface area contributed by atoms with Crippen LogP contribution in [-0.4, -0.2) is 11.7 Å². The van der Waals surface area contributed by atoms with Crippen LogP contribution in [0.2, 0.25) is 0 Å². The van der Waals surface area contributed by atoms with Gasteiger partial charge in [-0.1, -0.05) is 23.4 Å². The molecule has 1 heterocycles. The van der Waals surface area contributed by atoms with Crippen LogP contribution < -0.4 is 5.73 Å². The van der Waals surface area contributed by atoms with E-state index < -0.39 is 0 Å². The first kappa shape index (κ1) is 10.5. The molecule has 3 heteroatoms. The van der Waals surface area contributed by atoms with E-state index in [1.165, 1.54) is 18.4 Å². The molecule has 1 aliphatic carbocycles. The van der Waals surface area contributed by atoms with Gasteiger partial charge in [-0.3, -0.25) is 0 Å². The van der Waals surface area contributed by atoms with Crippen molar-refractivity contribution in [3.63, 3.8) is 0 Å². The van der Waals surface area contributed by atoms with Crippen molar-refractivity contribution in [2.75, 3.05) is 6.54 Å². The molecule has 0 saturated heterocycles. The molecule has 1 aliphatic rings. The van der Waals surface area contributed by atoms with Crippen LogP contribution in [0.3, 0.4) is 0 Å². The molecular weight excluding hydrogens is 212 g/mol. The number of aromatic nitrogens is 1. The average molecular weight is 228 g/mol. The fourth-order valence-electron chi connectivity index (χ4n) is 2.08. The second-order valence-corrected chi connectivity index (χ2v) is 4.62. The van der Waals surface area contributed by atoms with Crippen molar-refractivity contribution in [3.05, 3.63) is 41.7 Å². The average Bonchev–Trinajstić information content (AvgIpc) is 3.11. The third-order valence-corrected chi connectivity index (χ3v) is 3.18. The summed E-state index contributed by atoms with van der Waals surface area (Å²) in [7, 11) is 0. The molecule has 0 unspecified atom stereocenters.